The molecule has 0 saturated heterocycles. The van der Waals surface area contributed by atoms with Gasteiger partial charge in [0.1, 0.15) is 16.0 Å². The average molecular weight is 404 g/mol. The summed E-state index contributed by atoms with van der Waals surface area (Å²) in [7, 11) is 3.16. The molecule has 4 nitrogen and oxygen atoms in total. The summed E-state index contributed by atoms with van der Waals surface area (Å²) in [6.07, 6.45) is 1.98. The van der Waals surface area contributed by atoms with Crippen molar-refractivity contribution >= 4 is 27.5 Å². The Morgan fingerprint density at radius 1 is 1.08 bits per heavy atom. The topological polar surface area (TPSA) is 38.8 Å². The molecule has 0 spiro atoms. The van der Waals surface area contributed by atoms with E-state index in [0.717, 1.165) is 25.1 Å². The number of ether oxygens (including phenoxy) is 2. The van der Waals surface area contributed by atoms with E-state index in [1.165, 1.54) is 16.7 Å². The molecule has 3 rings (SSSR count). The van der Waals surface area contributed by atoms with Crippen molar-refractivity contribution < 1.29 is 14.3 Å². The van der Waals surface area contributed by atoms with Gasteiger partial charge in [-0.3, -0.25) is 4.79 Å². The molecule has 0 bridgehead atoms. The SMILES string of the molecule is COc1cc(C(=O)N2CCCc3c(C)cc(C)cc32)cc(OC)c1Br. The number of aryl methyl sites for hydroxylation is 2. The quantitative estimate of drug-likeness (QED) is 0.746. The molecule has 132 valence electrons. The summed E-state index contributed by atoms with van der Waals surface area (Å²) in [6, 6.07) is 7.79. The monoisotopic (exact) mass is 403 g/mol. The first-order valence-electron chi connectivity index (χ1n) is 8.29. The first-order chi connectivity index (χ1) is 12.0. The molecule has 0 aromatic heterocycles. The standard InChI is InChI=1S/C20H22BrNO3/c1-12-8-13(2)15-6-5-7-22(16(15)9-12)20(23)14-10-17(24-3)19(21)18(11-14)25-4/h8-11H,5-7H2,1-4H3. The minimum atomic E-state index is -0.0324. The van der Waals surface area contributed by atoms with E-state index in [9.17, 15) is 4.79 Å². The van der Waals surface area contributed by atoms with Gasteiger partial charge in [0.2, 0.25) is 0 Å². The average Bonchev–Trinajstić information content (AvgIpc) is 2.60. The van der Waals surface area contributed by atoms with Gasteiger partial charge in [0, 0.05) is 17.8 Å². The van der Waals surface area contributed by atoms with E-state index >= 15 is 0 Å². The summed E-state index contributed by atoms with van der Waals surface area (Å²) in [5.41, 5.74) is 5.26. The smallest absolute Gasteiger partial charge is 0.258 e. The third kappa shape index (κ3) is 3.25. The van der Waals surface area contributed by atoms with Crippen molar-refractivity contribution in [3.8, 4) is 11.5 Å². The van der Waals surface area contributed by atoms with Gasteiger partial charge in [-0.1, -0.05) is 6.07 Å². The number of hydrogen-bond donors (Lipinski definition) is 0. The van der Waals surface area contributed by atoms with Crippen LogP contribution in [0, 0.1) is 13.8 Å². The molecule has 0 fully saturated rings. The highest BCUT2D eigenvalue weighted by atomic mass is 79.9. The zero-order valence-electron chi connectivity index (χ0n) is 15.0. The Bertz CT molecular complexity index is 807. The van der Waals surface area contributed by atoms with Crippen LogP contribution in [0.2, 0.25) is 0 Å². The van der Waals surface area contributed by atoms with Gasteiger partial charge >= 0.3 is 0 Å². The van der Waals surface area contributed by atoms with Crippen LogP contribution in [0.4, 0.5) is 5.69 Å². The Hall–Kier alpha value is -2.01. The highest BCUT2D eigenvalue weighted by Crippen LogP contribution is 2.37. The van der Waals surface area contributed by atoms with E-state index in [1.807, 2.05) is 4.90 Å². The molecule has 1 aliphatic rings. The van der Waals surface area contributed by atoms with Crippen LogP contribution in [-0.2, 0) is 6.42 Å². The van der Waals surface area contributed by atoms with Gasteiger partial charge < -0.3 is 14.4 Å². The molecule has 2 aromatic rings. The normalized spacial score (nSPS) is 13.4. The molecule has 0 aliphatic carbocycles. The molecule has 0 radical (unpaired) electrons. The van der Waals surface area contributed by atoms with Crippen LogP contribution in [0.15, 0.2) is 28.7 Å². The predicted octanol–water partition coefficient (Wildman–Crippen LogP) is 4.68. The fourth-order valence-electron chi connectivity index (χ4n) is 3.44. The Morgan fingerprint density at radius 2 is 1.72 bits per heavy atom. The van der Waals surface area contributed by atoms with Crippen molar-refractivity contribution in [2.45, 2.75) is 26.7 Å². The van der Waals surface area contributed by atoms with Gasteiger partial charge in [0.15, 0.2) is 0 Å². The van der Waals surface area contributed by atoms with E-state index in [2.05, 4.69) is 41.9 Å². The Balaban J connectivity index is 2.06. The van der Waals surface area contributed by atoms with Crippen LogP contribution in [0.1, 0.15) is 33.5 Å². The first-order valence-corrected chi connectivity index (χ1v) is 9.09. The van der Waals surface area contributed by atoms with E-state index < -0.39 is 0 Å². The summed E-state index contributed by atoms with van der Waals surface area (Å²) in [4.78, 5) is 15.1. The molecule has 0 N–H and O–H groups in total. The summed E-state index contributed by atoms with van der Waals surface area (Å²) in [5, 5.41) is 0. The number of carbonyl (C=O) groups excluding carboxylic acids is 1. The second-order valence-corrected chi connectivity index (χ2v) is 7.13. The van der Waals surface area contributed by atoms with Crippen LogP contribution >= 0.6 is 15.9 Å². The van der Waals surface area contributed by atoms with Gasteiger partial charge in [-0.2, -0.15) is 0 Å². The minimum absolute atomic E-state index is 0.0324. The van der Waals surface area contributed by atoms with Crippen LogP contribution in [0.5, 0.6) is 11.5 Å². The number of nitrogens with zero attached hydrogens (tertiary/aromatic N) is 1. The number of carbonyl (C=O) groups is 1. The minimum Gasteiger partial charge on any atom is -0.495 e. The molecular weight excluding hydrogens is 382 g/mol. The maximum Gasteiger partial charge on any atom is 0.258 e. The number of rotatable bonds is 3. The summed E-state index contributed by atoms with van der Waals surface area (Å²) >= 11 is 3.45. The van der Waals surface area contributed by atoms with Crippen molar-refractivity contribution in [1.29, 1.82) is 0 Å². The first kappa shape index (κ1) is 17.8. The highest BCUT2D eigenvalue weighted by molar-refractivity contribution is 9.10. The van der Waals surface area contributed by atoms with Crippen molar-refractivity contribution in [3.05, 3.63) is 51.0 Å². The van der Waals surface area contributed by atoms with Gasteiger partial charge in [-0.15, -0.1) is 0 Å². The number of methoxy groups -OCH3 is 2. The number of halogens is 1. The van der Waals surface area contributed by atoms with Crippen molar-refractivity contribution in [2.24, 2.45) is 0 Å². The lowest BCUT2D eigenvalue weighted by molar-refractivity contribution is 0.0984. The van der Waals surface area contributed by atoms with Crippen molar-refractivity contribution in [3.63, 3.8) is 0 Å². The van der Waals surface area contributed by atoms with Gasteiger partial charge in [-0.25, -0.2) is 0 Å². The third-order valence-corrected chi connectivity index (χ3v) is 5.41. The number of amides is 1. The maximum atomic E-state index is 13.2. The van der Waals surface area contributed by atoms with Gasteiger partial charge in [0.25, 0.3) is 5.91 Å². The third-order valence-electron chi connectivity index (χ3n) is 4.63. The molecule has 1 heterocycles. The summed E-state index contributed by atoms with van der Waals surface area (Å²) < 4.78 is 11.5. The predicted molar refractivity (Wildman–Crippen MR) is 103 cm³/mol. The molecule has 0 saturated carbocycles. The lowest BCUT2D eigenvalue weighted by Crippen LogP contribution is -2.35. The lowest BCUT2D eigenvalue weighted by atomic mass is 9.94. The van der Waals surface area contributed by atoms with Crippen LogP contribution < -0.4 is 14.4 Å². The molecule has 1 amide bonds. The Kier molecular flexibility index (Phi) is 5.04. The molecule has 0 atom stereocenters. The number of fused-ring (bicyclic) bond motifs is 1. The van der Waals surface area contributed by atoms with Crippen LogP contribution in [0.3, 0.4) is 0 Å². The van der Waals surface area contributed by atoms with Gasteiger partial charge in [-0.05, 0) is 77.5 Å². The molecule has 25 heavy (non-hydrogen) atoms. The van der Waals surface area contributed by atoms with E-state index in [0.29, 0.717) is 21.5 Å². The highest BCUT2D eigenvalue weighted by Gasteiger charge is 2.26. The van der Waals surface area contributed by atoms with Crippen molar-refractivity contribution in [1.82, 2.24) is 0 Å². The molecule has 1 aliphatic heterocycles. The van der Waals surface area contributed by atoms with E-state index in [1.54, 1.807) is 26.4 Å². The van der Waals surface area contributed by atoms with Crippen molar-refractivity contribution in [2.75, 3.05) is 25.7 Å². The zero-order chi connectivity index (χ0) is 18.1. The lowest BCUT2D eigenvalue weighted by Gasteiger charge is -2.31. The Labute approximate surface area is 156 Å². The molecule has 5 heteroatoms. The second kappa shape index (κ2) is 7.08. The number of hydrogen-bond acceptors (Lipinski definition) is 3. The van der Waals surface area contributed by atoms with E-state index in [-0.39, 0.29) is 5.91 Å². The fraction of sp³-hybridized carbons (Fsp3) is 0.350. The van der Waals surface area contributed by atoms with E-state index in [4.69, 9.17) is 9.47 Å². The largest absolute Gasteiger partial charge is 0.495 e. The summed E-state index contributed by atoms with van der Waals surface area (Å²) in [5.74, 6) is 1.13. The fourth-order valence-corrected chi connectivity index (χ4v) is 3.99. The number of benzene rings is 2. The molecule has 2 aromatic carbocycles. The zero-order valence-corrected chi connectivity index (χ0v) is 16.6. The van der Waals surface area contributed by atoms with Crippen LogP contribution in [-0.4, -0.2) is 26.7 Å². The number of anilines is 1. The van der Waals surface area contributed by atoms with Crippen LogP contribution in [0.25, 0.3) is 0 Å². The summed E-state index contributed by atoms with van der Waals surface area (Å²) in [6.45, 7) is 4.90. The molecular formula is C20H22BrNO3. The van der Waals surface area contributed by atoms with Gasteiger partial charge in [0.05, 0.1) is 14.2 Å². The maximum absolute atomic E-state index is 13.2. The second-order valence-electron chi connectivity index (χ2n) is 6.33. The molecule has 0 unspecified atom stereocenters. The Morgan fingerprint density at radius 3 is 2.32 bits per heavy atom.